The Morgan fingerprint density at radius 3 is 2.89 bits per heavy atom. The molecule has 18 heavy (non-hydrogen) atoms. The largest absolute Gasteiger partial charge is 0.508 e. The third kappa shape index (κ3) is 1.57. The average Bonchev–Trinajstić information content (AvgIpc) is 2.99. The van der Waals surface area contributed by atoms with E-state index in [2.05, 4.69) is 29.4 Å². The molecule has 0 amide bonds. The number of fused-ring (bicyclic) bond motifs is 3. The molecule has 3 nitrogen and oxygen atoms in total. The highest BCUT2D eigenvalue weighted by atomic mass is 16.3. The summed E-state index contributed by atoms with van der Waals surface area (Å²) in [4.78, 5) is 2.54. The second-order valence-corrected chi connectivity index (χ2v) is 6.46. The second-order valence-electron chi connectivity index (χ2n) is 6.46. The summed E-state index contributed by atoms with van der Waals surface area (Å²) in [5.74, 6) is 1.71. The van der Waals surface area contributed by atoms with Gasteiger partial charge in [0, 0.05) is 30.1 Å². The van der Waals surface area contributed by atoms with Crippen LogP contribution in [0.4, 0.5) is 0 Å². The van der Waals surface area contributed by atoms with Crippen LogP contribution in [0.3, 0.4) is 0 Å². The standard InChI is InChI=1S/C15H22N2O/c1-17-14-7-4-10(18)8-12(14)11-5-6-13(15(11)17)16-9-2-3-9/h4,7-9,11-16,18H,2-3,5-6H2,1H3. The van der Waals surface area contributed by atoms with Gasteiger partial charge in [0.1, 0.15) is 5.76 Å². The molecule has 1 heterocycles. The van der Waals surface area contributed by atoms with Crippen LogP contribution in [0.1, 0.15) is 25.7 Å². The minimum absolute atomic E-state index is 0.462. The monoisotopic (exact) mass is 246 g/mol. The van der Waals surface area contributed by atoms with Crippen molar-refractivity contribution in [1.82, 2.24) is 10.2 Å². The molecule has 4 rings (SSSR count). The number of allylic oxidation sites excluding steroid dienone is 1. The first kappa shape index (κ1) is 11.1. The van der Waals surface area contributed by atoms with E-state index in [1.807, 2.05) is 6.08 Å². The zero-order valence-electron chi connectivity index (χ0n) is 10.9. The first-order valence-corrected chi connectivity index (χ1v) is 7.31. The van der Waals surface area contributed by atoms with Crippen LogP contribution in [-0.4, -0.2) is 41.2 Å². The molecule has 0 aromatic carbocycles. The highest BCUT2D eigenvalue weighted by molar-refractivity contribution is 5.27. The Morgan fingerprint density at radius 1 is 1.28 bits per heavy atom. The van der Waals surface area contributed by atoms with E-state index in [0.29, 0.717) is 29.8 Å². The maximum Gasteiger partial charge on any atom is 0.111 e. The molecule has 1 saturated heterocycles. The lowest BCUT2D eigenvalue weighted by Gasteiger charge is -2.30. The van der Waals surface area contributed by atoms with Gasteiger partial charge in [-0.05, 0) is 50.8 Å². The smallest absolute Gasteiger partial charge is 0.111 e. The molecule has 2 saturated carbocycles. The molecule has 3 aliphatic carbocycles. The lowest BCUT2D eigenvalue weighted by atomic mass is 9.85. The molecular weight excluding hydrogens is 224 g/mol. The van der Waals surface area contributed by atoms with Crippen molar-refractivity contribution in [2.24, 2.45) is 11.8 Å². The van der Waals surface area contributed by atoms with Gasteiger partial charge in [-0.25, -0.2) is 0 Å². The van der Waals surface area contributed by atoms with Crippen LogP contribution < -0.4 is 5.32 Å². The van der Waals surface area contributed by atoms with E-state index in [0.717, 1.165) is 12.0 Å². The number of likely N-dealkylation sites (tertiary alicyclic amines) is 1. The fraction of sp³-hybridized carbons (Fsp3) is 0.733. The first-order chi connectivity index (χ1) is 8.74. The summed E-state index contributed by atoms with van der Waals surface area (Å²) in [6.45, 7) is 0. The average molecular weight is 246 g/mol. The molecule has 0 aromatic rings. The van der Waals surface area contributed by atoms with E-state index in [1.54, 1.807) is 0 Å². The fourth-order valence-electron chi connectivity index (χ4n) is 4.41. The number of aliphatic hydroxyl groups is 1. The van der Waals surface area contributed by atoms with Crippen molar-refractivity contribution in [3.8, 4) is 0 Å². The summed E-state index contributed by atoms with van der Waals surface area (Å²) in [6, 6.07) is 2.62. The van der Waals surface area contributed by atoms with Gasteiger partial charge >= 0.3 is 0 Å². The Balaban J connectivity index is 1.59. The Bertz CT molecular complexity index is 413. The molecule has 0 aromatic heterocycles. The van der Waals surface area contributed by atoms with Crippen molar-refractivity contribution in [3.63, 3.8) is 0 Å². The fourth-order valence-corrected chi connectivity index (χ4v) is 4.41. The number of rotatable bonds is 2. The molecule has 3 fully saturated rings. The quantitative estimate of drug-likeness (QED) is 0.780. The lowest BCUT2D eigenvalue weighted by Crippen LogP contribution is -2.46. The molecule has 5 unspecified atom stereocenters. The lowest BCUT2D eigenvalue weighted by molar-refractivity contribution is 0.220. The van der Waals surface area contributed by atoms with E-state index >= 15 is 0 Å². The van der Waals surface area contributed by atoms with Gasteiger partial charge in [0.2, 0.25) is 0 Å². The summed E-state index contributed by atoms with van der Waals surface area (Å²) < 4.78 is 0. The van der Waals surface area contributed by atoms with Gasteiger partial charge in [-0.1, -0.05) is 6.08 Å². The van der Waals surface area contributed by atoms with Crippen LogP contribution >= 0.6 is 0 Å². The van der Waals surface area contributed by atoms with Crippen LogP contribution in [0.25, 0.3) is 0 Å². The second kappa shape index (κ2) is 3.84. The van der Waals surface area contributed by atoms with Crippen molar-refractivity contribution in [3.05, 3.63) is 24.0 Å². The Labute approximate surface area is 109 Å². The van der Waals surface area contributed by atoms with Crippen LogP contribution in [0, 0.1) is 11.8 Å². The predicted octanol–water partition coefficient (Wildman–Crippen LogP) is 1.83. The van der Waals surface area contributed by atoms with Gasteiger partial charge in [0.25, 0.3) is 0 Å². The molecule has 0 spiro atoms. The van der Waals surface area contributed by atoms with Gasteiger partial charge in [-0.15, -0.1) is 0 Å². The van der Waals surface area contributed by atoms with E-state index in [9.17, 15) is 5.11 Å². The van der Waals surface area contributed by atoms with Crippen LogP contribution in [0.5, 0.6) is 0 Å². The zero-order chi connectivity index (χ0) is 12.3. The molecule has 5 atom stereocenters. The van der Waals surface area contributed by atoms with E-state index in [1.165, 1.54) is 25.7 Å². The summed E-state index contributed by atoms with van der Waals surface area (Å²) in [7, 11) is 2.26. The Kier molecular flexibility index (Phi) is 2.36. The highest BCUT2D eigenvalue weighted by Crippen LogP contribution is 2.47. The molecule has 0 radical (unpaired) electrons. The van der Waals surface area contributed by atoms with E-state index in [-0.39, 0.29) is 0 Å². The molecular formula is C15H22N2O. The summed E-state index contributed by atoms with van der Waals surface area (Å²) in [6.07, 6.45) is 11.5. The van der Waals surface area contributed by atoms with Crippen molar-refractivity contribution < 1.29 is 5.11 Å². The maximum atomic E-state index is 9.72. The van der Waals surface area contributed by atoms with Crippen molar-refractivity contribution in [2.45, 2.75) is 49.9 Å². The maximum absolute atomic E-state index is 9.72. The number of likely N-dealkylation sites (N-methyl/N-ethyl adjacent to an activating group) is 1. The highest BCUT2D eigenvalue weighted by Gasteiger charge is 2.52. The van der Waals surface area contributed by atoms with Gasteiger partial charge in [0.05, 0.1) is 0 Å². The topological polar surface area (TPSA) is 35.5 Å². The van der Waals surface area contributed by atoms with Gasteiger partial charge in [-0.3, -0.25) is 4.90 Å². The Morgan fingerprint density at radius 2 is 2.11 bits per heavy atom. The Hall–Kier alpha value is -0.800. The number of nitrogens with zero attached hydrogens (tertiary/aromatic N) is 1. The van der Waals surface area contributed by atoms with Gasteiger partial charge in [-0.2, -0.15) is 0 Å². The molecule has 3 heteroatoms. The third-order valence-corrected chi connectivity index (χ3v) is 5.35. The van der Waals surface area contributed by atoms with Crippen molar-refractivity contribution in [1.29, 1.82) is 0 Å². The minimum Gasteiger partial charge on any atom is -0.508 e. The van der Waals surface area contributed by atoms with Crippen molar-refractivity contribution in [2.75, 3.05) is 7.05 Å². The number of hydrogen-bond donors (Lipinski definition) is 2. The van der Waals surface area contributed by atoms with Crippen LogP contribution in [0.15, 0.2) is 24.0 Å². The zero-order valence-corrected chi connectivity index (χ0v) is 10.9. The van der Waals surface area contributed by atoms with Crippen LogP contribution in [0.2, 0.25) is 0 Å². The van der Waals surface area contributed by atoms with Gasteiger partial charge < -0.3 is 10.4 Å². The van der Waals surface area contributed by atoms with Crippen molar-refractivity contribution >= 4 is 0 Å². The molecule has 4 aliphatic rings. The summed E-state index contributed by atoms with van der Waals surface area (Å²) >= 11 is 0. The van der Waals surface area contributed by atoms with E-state index < -0.39 is 0 Å². The predicted molar refractivity (Wildman–Crippen MR) is 71.4 cm³/mol. The van der Waals surface area contributed by atoms with E-state index in [4.69, 9.17) is 0 Å². The third-order valence-electron chi connectivity index (χ3n) is 5.35. The first-order valence-electron chi connectivity index (χ1n) is 7.31. The molecule has 0 bridgehead atoms. The molecule has 1 aliphatic heterocycles. The minimum atomic E-state index is 0.462. The summed E-state index contributed by atoms with van der Waals surface area (Å²) in [5.41, 5.74) is 0. The summed E-state index contributed by atoms with van der Waals surface area (Å²) in [5, 5.41) is 13.6. The van der Waals surface area contributed by atoms with Crippen LogP contribution in [-0.2, 0) is 0 Å². The SMILES string of the molecule is CN1C2C=CC(O)=CC2C2CCC(NC3CC3)C21. The molecule has 98 valence electrons. The normalized spacial score (nSPS) is 46.9. The number of aliphatic hydroxyl groups excluding tert-OH is 1. The number of nitrogens with one attached hydrogen (secondary N) is 1. The molecule has 2 N–H and O–H groups in total. The number of hydrogen-bond acceptors (Lipinski definition) is 3. The van der Waals surface area contributed by atoms with Gasteiger partial charge in [0.15, 0.2) is 0 Å².